The van der Waals surface area contributed by atoms with Gasteiger partial charge in [-0.2, -0.15) is 0 Å². The molecule has 0 spiro atoms. The number of carboxylic acid groups (broad SMARTS) is 1. The Morgan fingerprint density at radius 2 is 2.00 bits per heavy atom. The van der Waals surface area contributed by atoms with Crippen molar-refractivity contribution in [3.05, 3.63) is 35.4 Å². The highest BCUT2D eigenvalue weighted by Crippen LogP contribution is 2.04. The Kier molecular flexibility index (Phi) is 6.02. The van der Waals surface area contributed by atoms with Crippen molar-refractivity contribution in [2.75, 3.05) is 13.2 Å². The number of rotatable bonds is 6. The van der Waals surface area contributed by atoms with Crippen LogP contribution in [0.1, 0.15) is 22.8 Å². The van der Waals surface area contributed by atoms with E-state index in [4.69, 9.17) is 5.11 Å². The Labute approximate surface area is 115 Å². The van der Waals surface area contributed by atoms with E-state index in [1.807, 2.05) is 0 Å². The maximum absolute atomic E-state index is 11.4. The lowest BCUT2D eigenvalue weighted by Gasteiger charge is -2.07. The number of aromatic carboxylic acids is 1. The Morgan fingerprint density at radius 3 is 2.65 bits per heavy atom. The van der Waals surface area contributed by atoms with E-state index < -0.39 is 18.0 Å². The van der Waals surface area contributed by atoms with Gasteiger partial charge in [-0.3, -0.25) is 4.79 Å². The van der Waals surface area contributed by atoms with Crippen molar-refractivity contribution in [3.8, 4) is 0 Å². The molecule has 0 unspecified atom stereocenters. The molecule has 0 heterocycles. The lowest BCUT2D eigenvalue weighted by atomic mass is 10.1. The molecule has 0 radical (unpaired) electrons. The Morgan fingerprint density at radius 1 is 1.25 bits per heavy atom. The average molecular weight is 280 g/mol. The zero-order chi connectivity index (χ0) is 15.0. The topological polar surface area (TPSA) is 105 Å². The first kappa shape index (κ1) is 15.5. The average Bonchev–Trinajstić information content (AvgIpc) is 2.43. The molecule has 0 aliphatic carbocycles. The number of carbonyl (C=O) groups excluding carboxylic acids is 2. The summed E-state index contributed by atoms with van der Waals surface area (Å²) in [5, 5.41) is 13.7. The minimum atomic E-state index is -1.03. The zero-order valence-corrected chi connectivity index (χ0v) is 11.0. The predicted molar refractivity (Wildman–Crippen MR) is 70.3 cm³/mol. The second-order valence-corrected chi connectivity index (χ2v) is 3.85. The van der Waals surface area contributed by atoms with Crippen LogP contribution >= 0.6 is 0 Å². The summed E-state index contributed by atoms with van der Waals surface area (Å²) in [6, 6.07) is 5.69. The van der Waals surface area contributed by atoms with E-state index in [0.717, 1.165) is 0 Å². The number of nitrogens with one attached hydrogen (secondary N) is 2. The summed E-state index contributed by atoms with van der Waals surface area (Å²) in [6.07, 6.45) is 0. The first-order valence-corrected chi connectivity index (χ1v) is 6.02. The van der Waals surface area contributed by atoms with Gasteiger partial charge in [0.1, 0.15) is 6.54 Å². The minimum Gasteiger partial charge on any atom is -0.478 e. The number of carbonyl (C=O) groups is 3. The Balaban J connectivity index is 2.39. The smallest absolute Gasteiger partial charge is 0.335 e. The van der Waals surface area contributed by atoms with E-state index in [2.05, 4.69) is 15.4 Å². The van der Waals surface area contributed by atoms with E-state index in [9.17, 15) is 14.4 Å². The van der Waals surface area contributed by atoms with E-state index in [1.54, 1.807) is 19.1 Å². The lowest BCUT2D eigenvalue weighted by molar-refractivity contribution is -0.141. The standard InChI is InChI=1S/C13H16N2O5/c1-2-20-11(16)8-15-13(19)14-7-9-4-3-5-10(6-9)12(17)18/h3-6H,2,7-8H2,1H3,(H,17,18)(H2,14,15,19). The summed E-state index contributed by atoms with van der Waals surface area (Å²) in [6.45, 7) is 1.88. The van der Waals surface area contributed by atoms with Gasteiger partial charge in [-0.05, 0) is 24.6 Å². The van der Waals surface area contributed by atoms with Gasteiger partial charge < -0.3 is 20.5 Å². The van der Waals surface area contributed by atoms with Crippen LogP contribution in [0, 0.1) is 0 Å². The van der Waals surface area contributed by atoms with Gasteiger partial charge in [-0.15, -0.1) is 0 Å². The number of benzene rings is 1. The van der Waals surface area contributed by atoms with Crippen LogP contribution in [-0.2, 0) is 16.1 Å². The van der Waals surface area contributed by atoms with Crippen LogP contribution in [0.25, 0.3) is 0 Å². The maximum atomic E-state index is 11.4. The normalized spacial score (nSPS) is 9.65. The van der Waals surface area contributed by atoms with E-state index in [0.29, 0.717) is 5.56 Å². The quantitative estimate of drug-likeness (QED) is 0.667. The van der Waals surface area contributed by atoms with Crippen molar-refractivity contribution >= 4 is 18.0 Å². The minimum absolute atomic E-state index is 0.149. The SMILES string of the molecule is CCOC(=O)CNC(=O)NCc1cccc(C(=O)O)c1. The van der Waals surface area contributed by atoms with Crippen molar-refractivity contribution in [2.24, 2.45) is 0 Å². The summed E-state index contributed by atoms with van der Waals surface area (Å²) in [4.78, 5) is 33.2. The van der Waals surface area contributed by atoms with Gasteiger partial charge >= 0.3 is 18.0 Å². The number of urea groups is 1. The maximum Gasteiger partial charge on any atom is 0.335 e. The molecule has 1 aromatic carbocycles. The molecule has 3 N–H and O–H groups in total. The molecular formula is C13H16N2O5. The monoisotopic (exact) mass is 280 g/mol. The van der Waals surface area contributed by atoms with Crippen LogP contribution < -0.4 is 10.6 Å². The van der Waals surface area contributed by atoms with E-state index in [-0.39, 0.29) is 25.3 Å². The fourth-order valence-corrected chi connectivity index (χ4v) is 1.42. The fraction of sp³-hybridized carbons (Fsp3) is 0.308. The highest BCUT2D eigenvalue weighted by atomic mass is 16.5. The number of hydrogen-bond acceptors (Lipinski definition) is 4. The molecule has 20 heavy (non-hydrogen) atoms. The lowest BCUT2D eigenvalue weighted by Crippen LogP contribution is -2.38. The fourth-order valence-electron chi connectivity index (χ4n) is 1.42. The molecule has 0 saturated heterocycles. The van der Waals surface area contributed by atoms with Crippen LogP contribution in [0.2, 0.25) is 0 Å². The van der Waals surface area contributed by atoms with Gasteiger partial charge in [-0.1, -0.05) is 12.1 Å². The second-order valence-electron chi connectivity index (χ2n) is 3.85. The van der Waals surface area contributed by atoms with Crippen LogP contribution in [0.4, 0.5) is 4.79 Å². The molecule has 2 amide bonds. The van der Waals surface area contributed by atoms with Crippen molar-refractivity contribution < 1.29 is 24.2 Å². The first-order chi connectivity index (χ1) is 9.52. The largest absolute Gasteiger partial charge is 0.478 e. The predicted octanol–water partition coefficient (Wildman–Crippen LogP) is 0.747. The molecule has 0 aliphatic rings. The highest BCUT2D eigenvalue weighted by molar-refractivity contribution is 5.87. The molecule has 0 fully saturated rings. The highest BCUT2D eigenvalue weighted by Gasteiger charge is 2.06. The van der Waals surface area contributed by atoms with E-state index in [1.165, 1.54) is 12.1 Å². The van der Waals surface area contributed by atoms with Crippen molar-refractivity contribution in [1.29, 1.82) is 0 Å². The van der Waals surface area contributed by atoms with Gasteiger partial charge in [0.2, 0.25) is 0 Å². The molecule has 0 bridgehead atoms. The second kappa shape index (κ2) is 7.78. The Bertz CT molecular complexity index is 501. The third-order valence-corrected chi connectivity index (χ3v) is 2.33. The molecule has 0 atom stereocenters. The number of carboxylic acids is 1. The van der Waals surface area contributed by atoms with Gasteiger partial charge in [0.15, 0.2) is 0 Å². The number of esters is 1. The molecule has 1 aromatic rings. The van der Waals surface area contributed by atoms with Gasteiger partial charge in [0.25, 0.3) is 0 Å². The molecular weight excluding hydrogens is 264 g/mol. The summed E-state index contributed by atoms with van der Waals surface area (Å²) in [5.41, 5.74) is 0.799. The molecule has 0 saturated carbocycles. The molecule has 7 nitrogen and oxygen atoms in total. The summed E-state index contributed by atoms with van der Waals surface area (Å²) < 4.78 is 4.65. The summed E-state index contributed by atoms with van der Waals surface area (Å²) >= 11 is 0. The Hall–Kier alpha value is -2.57. The van der Waals surface area contributed by atoms with Crippen LogP contribution in [-0.4, -0.2) is 36.2 Å². The van der Waals surface area contributed by atoms with Gasteiger partial charge in [-0.25, -0.2) is 9.59 Å². The molecule has 1 rings (SSSR count). The molecule has 0 aromatic heterocycles. The third kappa shape index (κ3) is 5.38. The van der Waals surface area contributed by atoms with Crippen molar-refractivity contribution in [2.45, 2.75) is 13.5 Å². The van der Waals surface area contributed by atoms with E-state index >= 15 is 0 Å². The van der Waals surface area contributed by atoms with Crippen LogP contribution in [0.3, 0.4) is 0 Å². The summed E-state index contributed by atoms with van der Waals surface area (Å²) in [7, 11) is 0. The number of amides is 2. The molecule has 108 valence electrons. The summed E-state index contributed by atoms with van der Waals surface area (Å²) in [5.74, 6) is -1.55. The number of hydrogen-bond donors (Lipinski definition) is 3. The number of ether oxygens (including phenoxy) is 1. The van der Waals surface area contributed by atoms with Crippen molar-refractivity contribution in [3.63, 3.8) is 0 Å². The zero-order valence-electron chi connectivity index (χ0n) is 11.0. The molecule has 0 aliphatic heterocycles. The first-order valence-electron chi connectivity index (χ1n) is 6.02. The van der Waals surface area contributed by atoms with Crippen LogP contribution in [0.5, 0.6) is 0 Å². The van der Waals surface area contributed by atoms with Crippen molar-refractivity contribution in [1.82, 2.24) is 10.6 Å². The van der Waals surface area contributed by atoms with Gasteiger partial charge in [0, 0.05) is 6.54 Å². The molecule has 7 heteroatoms. The van der Waals surface area contributed by atoms with Crippen LogP contribution in [0.15, 0.2) is 24.3 Å². The third-order valence-electron chi connectivity index (χ3n) is 2.33. The van der Waals surface area contributed by atoms with Gasteiger partial charge in [0.05, 0.1) is 12.2 Å².